The highest BCUT2D eigenvalue weighted by atomic mass is 127. The lowest BCUT2D eigenvalue weighted by Gasteiger charge is -2.19. The lowest BCUT2D eigenvalue weighted by Crippen LogP contribution is -2.36. The second kappa shape index (κ2) is 5.70. The van der Waals surface area contributed by atoms with Crippen molar-refractivity contribution in [1.82, 2.24) is 10.6 Å². The molecule has 2 atom stereocenters. The van der Waals surface area contributed by atoms with Crippen LogP contribution >= 0.6 is 22.6 Å². The normalized spacial score (nSPS) is 22.1. The SMILES string of the molecule is CC(C)(C)OC(=O)NC1CC1NCc1ccc(I)o1. The Morgan fingerprint density at radius 3 is 2.79 bits per heavy atom. The van der Waals surface area contributed by atoms with Crippen molar-refractivity contribution in [3.05, 3.63) is 21.7 Å². The van der Waals surface area contributed by atoms with Gasteiger partial charge in [-0.15, -0.1) is 0 Å². The van der Waals surface area contributed by atoms with Crippen LogP contribution in [0.5, 0.6) is 0 Å². The van der Waals surface area contributed by atoms with Crippen molar-refractivity contribution in [3.8, 4) is 0 Å². The number of nitrogens with one attached hydrogen (secondary N) is 2. The van der Waals surface area contributed by atoms with Crippen molar-refractivity contribution in [1.29, 1.82) is 0 Å². The second-order valence-corrected chi connectivity index (χ2v) is 6.74. The summed E-state index contributed by atoms with van der Waals surface area (Å²) in [6.45, 7) is 6.25. The molecule has 0 saturated heterocycles. The Balaban J connectivity index is 1.66. The average Bonchev–Trinajstić information content (AvgIpc) is 2.84. The lowest BCUT2D eigenvalue weighted by molar-refractivity contribution is 0.0522. The molecule has 0 radical (unpaired) electrons. The van der Waals surface area contributed by atoms with E-state index < -0.39 is 5.60 Å². The Bertz CT molecular complexity index is 453. The Hall–Kier alpha value is -0.760. The van der Waals surface area contributed by atoms with Crippen LogP contribution in [0.2, 0.25) is 0 Å². The van der Waals surface area contributed by atoms with Gasteiger partial charge in [0.1, 0.15) is 11.4 Å². The van der Waals surface area contributed by atoms with Crippen LogP contribution in [0, 0.1) is 3.77 Å². The summed E-state index contributed by atoms with van der Waals surface area (Å²) in [4.78, 5) is 11.6. The highest BCUT2D eigenvalue weighted by molar-refractivity contribution is 14.1. The fraction of sp³-hybridized carbons (Fsp3) is 0.615. The molecule has 1 fully saturated rings. The maximum Gasteiger partial charge on any atom is 0.407 e. The van der Waals surface area contributed by atoms with Crippen molar-refractivity contribution >= 4 is 28.7 Å². The summed E-state index contributed by atoms with van der Waals surface area (Å²) in [5, 5.41) is 6.18. The van der Waals surface area contributed by atoms with Crippen LogP contribution in [0.25, 0.3) is 0 Å². The smallest absolute Gasteiger partial charge is 0.407 e. The summed E-state index contributed by atoms with van der Waals surface area (Å²) in [5.41, 5.74) is -0.452. The highest BCUT2D eigenvalue weighted by Gasteiger charge is 2.39. The molecule has 6 heteroatoms. The van der Waals surface area contributed by atoms with Crippen LogP contribution in [0.4, 0.5) is 4.79 Å². The van der Waals surface area contributed by atoms with Crippen molar-refractivity contribution in [3.63, 3.8) is 0 Å². The molecule has 0 spiro atoms. The first kappa shape index (κ1) is 14.6. The van der Waals surface area contributed by atoms with Crippen LogP contribution < -0.4 is 10.6 Å². The number of ether oxygens (including phenoxy) is 1. The predicted molar refractivity (Wildman–Crippen MR) is 79.8 cm³/mol. The molecule has 2 N–H and O–H groups in total. The number of furan rings is 1. The number of hydrogen-bond donors (Lipinski definition) is 2. The number of carbonyl (C=O) groups is 1. The van der Waals surface area contributed by atoms with Crippen LogP contribution in [0.15, 0.2) is 16.5 Å². The van der Waals surface area contributed by atoms with Crippen molar-refractivity contribution in [2.75, 3.05) is 0 Å². The van der Waals surface area contributed by atoms with Crippen molar-refractivity contribution in [2.24, 2.45) is 0 Å². The summed E-state index contributed by atoms with van der Waals surface area (Å²) in [5.74, 6) is 0.910. The van der Waals surface area contributed by atoms with E-state index in [-0.39, 0.29) is 12.1 Å². The first-order valence-electron chi connectivity index (χ1n) is 6.30. The monoisotopic (exact) mass is 378 g/mol. The summed E-state index contributed by atoms with van der Waals surface area (Å²) in [6.07, 6.45) is 0.575. The molecule has 1 saturated carbocycles. The van der Waals surface area contributed by atoms with Gasteiger partial charge in [0.15, 0.2) is 3.77 Å². The Morgan fingerprint density at radius 2 is 2.21 bits per heavy atom. The van der Waals surface area contributed by atoms with E-state index in [0.29, 0.717) is 12.6 Å². The van der Waals surface area contributed by atoms with Crippen LogP contribution in [0.1, 0.15) is 33.0 Å². The molecular formula is C13H19IN2O3. The molecule has 19 heavy (non-hydrogen) atoms. The third-order valence-electron chi connectivity index (χ3n) is 2.66. The van der Waals surface area contributed by atoms with Gasteiger partial charge in [0.05, 0.1) is 6.54 Å². The van der Waals surface area contributed by atoms with Gasteiger partial charge in [-0.2, -0.15) is 0 Å². The molecule has 1 aromatic heterocycles. The number of hydrogen-bond acceptors (Lipinski definition) is 4. The van der Waals surface area contributed by atoms with E-state index in [1.807, 2.05) is 32.9 Å². The molecule has 0 aliphatic heterocycles. The van der Waals surface area contributed by atoms with Crippen molar-refractivity contribution < 1.29 is 13.9 Å². The minimum absolute atomic E-state index is 0.156. The highest BCUT2D eigenvalue weighted by Crippen LogP contribution is 2.22. The van der Waals surface area contributed by atoms with E-state index in [0.717, 1.165) is 15.9 Å². The molecule has 0 aromatic carbocycles. The second-order valence-electron chi connectivity index (χ2n) is 5.68. The zero-order valence-corrected chi connectivity index (χ0v) is 13.5. The molecule has 2 unspecified atom stereocenters. The van der Waals surface area contributed by atoms with Crippen LogP contribution in [-0.4, -0.2) is 23.8 Å². The largest absolute Gasteiger partial charge is 0.454 e. The molecule has 1 aliphatic rings. The summed E-state index contributed by atoms with van der Waals surface area (Å²) in [6, 6.07) is 4.34. The molecule has 106 valence electrons. The zero-order chi connectivity index (χ0) is 14.0. The fourth-order valence-electron chi connectivity index (χ4n) is 1.72. The minimum Gasteiger partial charge on any atom is -0.454 e. The van der Waals surface area contributed by atoms with Crippen LogP contribution in [-0.2, 0) is 11.3 Å². The van der Waals surface area contributed by atoms with E-state index in [1.54, 1.807) is 0 Å². The maximum atomic E-state index is 11.6. The molecule has 1 heterocycles. The lowest BCUT2D eigenvalue weighted by atomic mass is 10.2. The van der Waals surface area contributed by atoms with Gasteiger partial charge in [-0.1, -0.05) is 0 Å². The molecule has 5 nitrogen and oxygen atoms in total. The Morgan fingerprint density at radius 1 is 1.47 bits per heavy atom. The predicted octanol–water partition coefficient (Wildman–Crippen LogP) is 2.64. The van der Waals surface area contributed by atoms with E-state index in [9.17, 15) is 4.79 Å². The van der Waals surface area contributed by atoms with Gasteiger partial charge in [-0.25, -0.2) is 4.79 Å². The molecule has 0 bridgehead atoms. The number of amides is 1. The maximum absolute atomic E-state index is 11.6. The number of rotatable bonds is 4. The van der Waals surface area contributed by atoms with E-state index >= 15 is 0 Å². The first-order chi connectivity index (χ1) is 8.83. The Labute approximate surface area is 126 Å². The Kier molecular flexibility index (Phi) is 4.39. The zero-order valence-electron chi connectivity index (χ0n) is 11.3. The number of alkyl carbamates (subject to hydrolysis) is 1. The van der Waals surface area contributed by atoms with Gasteiger partial charge in [0.2, 0.25) is 0 Å². The van der Waals surface area contributed by atoms with Gasteiger partial charge in [-0.3, -0.25) is 0 Å². The van der Waals surface area contributed by atoms with E-state index in [4.69, 9.17) is 9.15 Å². The van der Waals surface area contributed by atoms with Gasteiger partial charge in [0, 0.05) is 12.1 Å². The van der Waals surface area contributed by atoms with Gasteiger partial charge in [0.25, 0.3) is 0 Å². The number of halogens is 1. The third-order valence-corrected chi connectivity index (χ3v) is 3.24. The number of carbonyl (C=O) groups excluding carboxylic acids is 1. The quantitative estimate of drug-likeness (QED) is 0.791. The molecule has 1 aliphatic carbocycles. The van der Waals surface area contributed by atoms with Gasteiger partial charge < -0.3 is 19.8 Å². The standard InChI is InChI=1S/C13H19IN2O3/c1-13(2,3)19-12(17)16-10-6-9(10)15-7-8-4-5-11(14)18-8/h4-5,9-10,15H,6-7H2,1-3H3,(H,16,17). The summed E-state index contributed by atoms with van der Waals surface area (Å²) < 4.78 is 11.5. The molecule has 1 amide bonds. The molecular weight excluding hydrogens is 359 g/mol. The fourth-order valence-corrected chi connectivity index (χ4v) is 2.18. The van der Waals surface area contributed by atoms with Gasteiger partial charge in [-0.05, 0) is 61.9 Å². The molecule has 1 aromatic rings. The van der Waals surface area contributed by atoms with Gasteiger partial charge >= 0.3 is 6.09 Å². The van der Waals surface area contributed by atoms with E-state index in [2.05, 4.69) is 33.2 Å². The first-order valence-corrected chi connectivity index (χ1v) is 7.38. The summed E-state index contributed by atoms with van der Waals surface area (Å²) in [7, 11) is 0. The molecule has 2 rings (SSSR count). The van der Waals surface area contributed by atoms with Crippen LogP contribution in [0.3, 0.4) is 0 Å². The van der Waals surface area contributed by atoms with Crippen molar-refractivity contribution in [2.45, 2.75) is 51.4 Å². The average molecular weight is 378 g/mol. The third kappa shape index (κ3) is 5.02. The topological polar surface area (TPSA) is 63.5 Å². The minimum atomic E-state index is -0.452. The van der Waals surface area contributed by atoms with E-state index in [1.165, 1.54) is 0 Å². The summed E-state index contributed by atoms with van der Waals surface area (Å²) >= 11 is 2.14.